The highest BCUT2D eigenvalue weighted by molar-refractivity contribution is 5.98. The number of hydrazine groups is 1. The molecular weight excluding hydrogens is 448 g/mol. The van der Waals surface area contributed by atoms with Gasteiger partial charge in [-0.1, -0.05) is 6.07 Å². The molecule has 4 heterocycles. The first-order valence-electron chi connectivity index (χ1n) is 12.5. The number of carbonyl (C=O) groups excluding carboxylic acids is 3. The lowest BCUT2D eigenvalue weighted by atomic mass is 9.92. The third kappa shape index (κ3) is 5.00. The van der Waals surface area contributed by atoms with E-state index in [-0.39, 0.29) is 36.3 Å². The average Bonchev–Trinajstić information content (AvgIpc) is 3.45. The molecule has 2 saturated heterocycles. The van der Waals surface area contributed by atoms with Crippen molar-refractivity contribution in [1.29, 1.82) is 0 Å². The highest BCUT2D eigenvalue weighted by Crippen LogP contribution is 2.36. The number of nitrogens with zero attached hydrogens (tertiary/aromatic N) is 3. The van der Waals surface area contributed by atoms with E-state index in [4.69, 9.17) is 9.47 Å². The maximum atomic E-state index is 13.8. The summed E-state index contributed by atoms with van der Waals surface area (Å²) in [4.78, 5) is 41.8. The Morgan fingerprint density at radius 1 is 1.23 bits per heavy atom. The SMILES string of the molecule is CC(C)(C)OC(=O)N1CCCC2CN(C(=O)c3cc(CN4C=CC(=O)CN4)cc4c3OCC4)CC21. The van der Waals surface area contributed by atoms with Crippen molar-refractivity contribution < 1.29 is 23.9 Å². The Hall–Kier alpha value is -3.07. The van der Waals surface area contributed by atoms with E-state index in [0.717, 1.165) is 30.4 Å². The highest BCUT2D eigenvalue weighted by Gasteiger charge is 2.44. The van der Waals surface area contributed by atoms with Crippen molar-refractivity contribution in [2.24, 2.45) is 5.92 Å². The maximum Gasteiger partial charge on any atom is 0.410 e. The summed E-state index contributed by atoms with van der Waals surface area (Å²) >= 11 is 0. The molecule has 1 N–H and O–H groups in total. The fourth-order valence-electron chi connectivity index (χ4n) is 5.46. The van der Waals surface area contributed by atoms with Gasteiger partial charge in [0, 0.05) is 32.3 Å². The lowest BCUT2D eigenvalue weighted by Crippen LogP contribution is -2.50. The van der Waals surface area contributed by atoms with E-state index in [1.54, 1.807) is 12.3 Å². The number of rotatable bonds is 3. The number of ketones is 1. The quantitative estimate of drug-likeness (QED) is 0.708. The first-order chi connectivity index (χ1) is 16.7. The van der Waals surface area contributed by atoms with Crippen LogP contribution in [0.2, 0.25) is 0 Å². The van der Waals surface area contributed by atoms with Crippen LogP contribution >= 0.6 is 0 Å². The number of ether oxygens (including phenoxy) is 2. The lowest BCUT2D eigenvalue weighted by molar-refractivity contribution is -0.115. The molecule has 9 heteroatoms. The number of nitrogens with one attached hydrogen (secondary N) is 1. The van der Waals surface area contributed by atoms with Crippen molar-refractivity contribution in [2.75, 3.05) is 32.8 Å². The van der Waals surface area contributed by atoms with Crippen molar-refractivity contribution >= 4 is 17.8 Å². The van der Waals surface area contributed by atoms with Crippen LogP contribution in [0.3, 0.4) is 0 Å². The summed E-state index contributed by atoms with van der Waals surface area (Å²) in [6, 6.07) is 3.96. The van der Waals surface area contributed by atoms with Gasteiger partial charge < -0.3 is 24.3 Å². The molecule has 1 aromatic carbocycles. The standard InChI is InChI=1S/C26H34N4O5/c1-26(2,3)35-25(33)30-8-4-5-19-15-28(16-22(19)30)24(32)21-12-17(11-18-7-10-34-23(18)21)14-29-9-6-20(31)13-27-29/h6,9,11-12,19,22,27H,4-5,7-8,10,13-16H2,1-3H3. The Kier molecular flexibility index (Phi) is 6.21. The fourth-order valence-corrected chi connectivity index (χ4v) is 5.46. The monoisotopic (exact) mass is 482 g/mol. The molecular formula is C26H34N4O5. The van der Waals surface area contributed by atoms with Crippen molar-refractivity contribution in [3.8, 4) is 5.75 Å². The van der Waals surface area contributed by atoms with E-state index in [0.29, 0.717) is 44.1 Å². The Morgan fingerprint density at radius 2 is 2.06 bits per heavy atom. The van der Waals surface area contributed by atoms with Gasteiger partial charge in [-0.2, -0.15) is 0 Å². The summed E-state index contributed by atoms with van der Waals surface area (Å²) < 4.78 is 11.5. The number of amides is 2. The smallest absolute Gasteiger partial charge is 0.410 e. The molecule has 0 saturated carbocycles. The summed E-state index contributed by atoms with van der Waals surface area (Å²) in [5.74, 6) is 0.906. The van der Waals surface area contributed by atoms with Gasteiger partial charge >= 0.3 is 6.09 Å². The van der Waals surface area contributed by atoms with Gasteiger partial charge in [0.25, 0.3) is 5.91 Å². The largest absolute Gasteiger partial charge is 0.492 e. The molecule has 9 nitrogen and oxygen atoms in total. The van der Waals surface area contributed by atoms with Crippen molar-refractivity contribution in [1.82, 2.24) is 20.2 Å². The van der Waals surface area contributed by atoms with Gasteiger partial charge in [-0.05, 0) is 62.8 Å². The first-order valence-corrected chi connectivity index (χ1v) is 12.5. The van der Waals surface area contributed by atoms with Crippen LogP contribution < -0.4 is 10.2 Å². The Balaban J connectivity index is 1.35. The van der Waals surface area contributed by atoms with Gasteiger partial charge in [-0.3, -0.25) is 9.59 Å². The van der Waals surface area contributed by atoms with Crippen LogP contribution in [0, 0.1) is 5.92 Å². The van der Waals surface area contributed by atoms with Crippen LogP contribution in [-0.2, 0) is 22.5 Å². The molecule has 4 aliphatic heterocycles. The zero-order chi connectivity index (χ0) is 24.7. The van der Waals surface area contributed by atoms with Crippen LogP contribution in [0.25, 0.3) is 0 Å². The first kappa shape index (κ1) is 23.7. The summed E-state index contributed by atoms with van der Waals surface area (Å²) in [7, 11) is 0. The van der Waals surface area contributed by atoms with Crippen LogP contribution in [0.4, 0.5) is 4.79 Å². The van der Waals surface area contributed by atoms with Crippen LogP contribution in [0.5, 0.6) is 5.75 Å². The number of piperidine rings is 1. The number of likely N-dealkylation sites (tertiary alicyclic amines) is 2. The molecule has 2 atom stereocenters. The summed E-state index contributed by atoms with van der Waals surface area (Å²) in [5, 5.41) is 1.86. The van der Waals surface area contributed by atoms with E-state index in [9.17, 15) is 14.4 Å². The normalized spacial score (nSPS) is 23.7. The molecule has 188 valence electrons. The van der Waals surface area contributed by atoms with Gasteiger partial charge in [0.2, 0.25) is 0 Å². The highest BCUT2D eigenvalue weighted by atomic mass is 16.6. The fraction of sp³-hybridized carbons (Fsp3) is 0.577. The Morgan fingerprint density at radius 3 is 2.80 bits per heavy atom. The molecule has 0 radical (unpaired) electrons. The zero-order valence-corrected chi connectivity index (χ0v) is 20.7. The zero-order valence-electron chi connectivity index (χ0n) is 20.7. The third-order valence-electron chi connectivity index (χ3n) is 7.02. The van der Waals surface area contributed by atoms with Crippen molar-refractivity contribution in [3.63, 3.8) is 0 Å². The van der Waals surface area contributed by atoms with Gasteiger partial charge in [0.1, 0.15) is 11.4 Å². The second-order valence-electron chi connectivity index (χ2n) is 10.8. The number of hydrogen-bond acceptors (Lipinski definition) is 7. The number of carbonyl (C=O) groups is 3. The molecule has 0 spiro atoms. The molecule has 0 aliphatic carbocycles. The molecule has 2 amide bonds. The van der Waals surface area contributed by atoms with Gasteiger partial charge in [0.05, 0.1) is 31.3 Å². The molecule has 2 unspecified atom stereocenters. The van der Waals surface area contributed by atoms with Crippen LogP contribution in [0.1, 0.15) is 55.1 Å². The topological polar surface area (TPSA) is 91.4 Å². The summed E-state index contributed by atoms with van der Waals surface area (Å²) in [6.07, 6.45) is 5.66. The van der Waals surface area contributed by atoms with Crippen LogP contribution in [0.15, 0.2) is 24.4 Å². The van der Waals surface area contributed by atoms with Gasteiger partial charge in [0.15, 0.2) is 5.78 Å². The molecule has 2 fully saturated rings. The maximum absolute atomic E-state index is 13.8. The van der Waals surface area contributed by atoms with E-state index in [1.165, 1.54) is 0 Å². The van der Waals surface area contributed by atoms with Crippen molar-refractivity contribution in [3.05, 3.63) is 41.1 Å². The summed E-state index contributed by atoms with van der Waals surface area (Å²) in [5.41, 5.74) is 5.12. The van der Waals surface area contributed by atoms with E-state index < -0.39 is 5.60 Å². The Labute approximate surface area is 206 Å². The number of hydrogen-bond donors (Lipinski definition) is 1. The average molecular weight is 483 g/mol. The van der Waals surface area contributed by atoms with E-state index >= 15 is 0 Å². The number of fused-ring (bicyclic) bond motifs is 2. The minimum absolute atomic E-state index is 0.0278. The molecule has 4 aliphatic rings. The third-order valence-corrected chi connectivity index (χ3v) is 7.02. The predicted octanol–water partition coefficient (Wildman–Crippen LogP) is 2.50. The molecule has 0 aromatic heterocycles. The van der Waals surface area contributed by atoms with Gasteiger partial charge in [-0.15, -0.1) is 0 Å². The van der Waals surface area contributed by atoms with E-state index in [1.807, 2.05) is 41.6 Å². The van der Waals surface area contributed by atoms with E-state index in [2.05, 4.69) is 11.5 Å². The number of benzene rings is 1. The molecule has 0 bridgehead atoms. The van der Waals surface area contributed by atoms with Crippen LogP contribution in [-0.4, -0.2) is 77.0 Å². The predicted molar refractivity (Wildman–Crippen MR) is 129 cm³/mol. The second kappa shape index (κ2) is 9.18. The molecule has 1 aromatic rings. The Bertz CT molecular complexity index is 1060. The van der Waals surface area contributed by atoms with Gasteiger partial charge in [-0.25, -0.2) is 10.2 Å². The minimum atomic E-state index is -0.553. The minimum Gasteiger partial charge on any atom is -0.492 e. The second-order valence-corrected chi connectivity index (χ2v) is 10.8. The molecule has 5 rings (SSSR count). The lowest BCUT2D eigenvalue weighted by Gasteiger charge is -2.37. The molecule has 35 heavy (non-hydrogen) atoms. The summed E-state index contributed by atoms with van der Waals surface area (Å²) in [6.45, 7) is 8.76. The van der Waals surface area contributed by atoms with Crippen molar-refractivity contribution in [2.45, 2.75) is 58.2 Å².